The maximum atomic E-state index is 12.4. The highest BCUT2D eigenvalue weighted by Gasteiger charge is 2.43. The van der Waals surface area contributed by atoms with Crippen LogP contribution >= 0.6 is 0 Å². The molecule has 0 aliphatic carbocycles. The number of amides is 1. The lowest BCUT2D eigenvalue weighted by molar-refractivity contribution is -0.498. The Morgan fingerprint density at radius 1 is 1.18 bits per heavy atom. The van der Waals surface area contributed by atoms with Crippen LogP contribution in [0.2, 0.25) is 0 Å². The molecule has 1 atom stereocenters. The van der Waals surface area contributed by atoms with Crippen LogP contribution in [0.4, 0.5) is 5.69 Å². The minimum atomic E-state index is -2.23. The average molecular weight is 300 g/mol. The molecule has 0 saturated carbocycles. The summed E-state index contributed by atoms with van der Waals surface area (Å²) in [7, 11) is 0. The van der Waals surface area contributed by atoms with Crippen LogP contribution in [0, 0.1) is 17.0 Å². The van der Waals surface area contributed by atoms with E-state index < -0.39 is 23.0 Å². The van der Waals surface area contributed by atoms with Gasteiger partial charge in [-0.2, -0.15) is 0 Å². The second-order valence-electron chi connectivity index (χ2n) is 5.04. The molecule has 0 saturated heterocycles. The number of hydrogen-bond donors (Lipinski definition) is 2. The first-order chi connectivity index (χ1) is 10.4. The first-order valence-corrected chi connectivity index (χ1v) is 6.69. The number of nitrogens with zero attached hydrogens (tertiary/aromatic N) is 1. The predicted molar refractivity (Wildman–Crippen MR) is 82.0 cm³/mol. The number of aryl methyl sites for hydroxylation is 1. The van der Waals surface area contributed by atoms with Crippen molar-refractivity contribution >= 4 is 11.6 Å². The third kappa shape index (κ3) is 3.48. The van der Waals surface area contributed by atoms with Gasteiger partial charge in [-0.1, -0.05) is 48.0 Å². The second kappa shape index (κ2) is 6.36. The van der Waals surface area contributed by atoms with E-state index in [0.717, 1.165) is 5.56 Å². The highest BCUT2D eigenvalue weighted by molar-refractivity contribution is 5.97. The van der Waals surface area contributed by atoms with Gasteiger partial charge in [0.25, 0.3) is 5.91 Å². The van der Waals surface area contributed by atoms with Crippen LogP contribution in [0.15, 0.2) is 54.6 Å². The molecular weight excluding hydrogens is 284 g/mol. The molecule has 2 aromatic rings. The Bertz CT molecular complexity index is 670. The lowest BCUT2D eigenvalue weighted by Crippen LogP contribution is -2.45. The zero-order valence-corrected chi connectivity index (χ0v) is 12.0. The molecule has 2 N–H and O–H groups in total. The number of nitro groups is 1. The molecule has 2 aromatic carbocycles. The van der Waals surface area contributed by atoms with Crippen LogP contribution in [-0.4, -0.2) is 22.5 Å². The summed E-state index contributed by atoms with van der Waals surface area (Å²) in [4.78, 5) is 22.6. The van der Waals surface area contributed by atoms with Crippen LogP contribution in [0.3, 0.4) is 0 Å². The third-order valence-corrected chi connectivity index (χ3v) is 3.29. The Kier molecular flexibility index (Phi) is 4.53. The number of hydrogen-bond acceptors (Lipinski definition) is 4. The molecule has 0 radical (unpaired) electrons. The van der Waals surface area contributed by atoms with E-state index in [4.69, 9.17) is 0 Å². The normalized spacial score (nSPS) is 13.2. The Hall–Kier alpha value is -2.73. The minimum absolute atomic E-state index is 0.184. The molecule has 6 heteroatoms. The second-order valence-corrected chi connectivity index (χ2v) is 5.04. The Balaban J connectivity index is 2.34. The first kappa shape index (κ1) is 15.7. The smallest absolute Gasteiger partial charge is 0.268 e. The van der Waals surface area contributed by atoms with Crippen LogP contribution < -0.4 is 5.32 Å². The summed E-state index contributed by atoms with van der Waals surface area (Å²) < 4.78 is 0. The number of benzene rings is 2. The van der Waals surface area contributed by atoms with Crippen LogP contribution in [0.1, 0.15) is 11.1 Å². The van der Waals surface area contributed by atoms with Gasteiger partial charge in [-0.05, 0) is 24.6 Å². The molecule has 1 amide bonds. The van der Waals surface area contributed by atoms with Gasteiger partial charge in [-0.3, -0.25) is 14.9 Å². The first-order valence-electron chi connectivity index (χ1n) is 6.69. The van der Waals surface area contributed by atoms with Crippen LogP contribution in [0.5, 0.6) is 0 Å². The molecule has 1 unspecified atom stereocenters. The molecule has 0 spiro atoms. The largest absolute Gasteiger partial charge is 0.370 e. The molecule has 2 rings (SSSR count). The van der Waals surface area contributed by atoms with Crippen molar-refractivity contribution in [1.82, 2.24) is 0 Å². The van der Waals surface area contributed by atoms with Gasteiger partial charge in [0.2, 0.25) is 12.1 Å². The highest BCUT2D eigenvalue weighted by Crippen LogP contribution is 2.24. The van der Waals surface area contributed by atoms with E-state index in [-0.39, 0.29) is 5.56 Å². The maximum Gasteiger partial charge on any atom is 0.268 e. The van der Waals surface area contributed by atoms with Gasteiger partial charge in [0.05, 0.1) is 0 Å². The molecule has 0 bridgehead atoms. The predicted octanol–water partition coefficient (Wildman–Crippen LogP) is 2.10. The molecule has 0 aliphatic heterocycles. The van der Waals surface area contributed by atoms with Gasteiger partial charge in [0.1, 0.15) is 0 Å². The summed E-state index contributed by atoms with van der Waals surface area (Å²) in [6.45, 7) is 0.940. The zero-order chi connectivity index (χ0) is 16.2. The molecule has 0 aliphatic rings. The van der Waals surface area contributed by atoms with Gasteiger partial charge in [0.15, 0.2) is 0 Å². The Labute approximate surface area is 127 Å². The lowest BCUT2D eigenvalue weighted by Gasteiger charge is -2.23. The number of para-hydroxylation sites is 1. The number of nitrogens with one attached hydrogen (secondary N) is 1. The SMILES string of the molecule is Cc1ccc(C(O)(C[N+](=O)[O-])C(=O)Nc2ccccc2)cc1. The van der Waals surface area contributed by atoms with Crippen LogP contribution in [0.25, 0.3) is 0 Å². The quantitative estimate of drug-likeness (QED) is 0.653. The van der Waals surface area contributed by atoms with E-state index in [1.807, 2.05) is 6.92 Å². The van der Waals surface area contributed by atoms with Gasteiger partial charge in [-0.15, -0.1) is 0 Å². The summed E-state index contributed by atoms with van der Waals surface area (Å²) in [6.07, 6.45) is 0. The Morgan fingerprint density at radius 3 is 2.32 bits per heavy atom. The summed E-state index contributed by atoms with van der Waals surface area (Å²) in [5.74, 6) is -0.834. The standard InChI is InChI=1S/C16H16N2O4/c1-12-7-9-13(10-8-12)16(20,11-18(21)22)15(19)17-14-5-3-2-4-6-14/h2-10,20H,11H2,1H3,(H,17,19). The fourth-order valence-corrected chi connectivity index (χ4v) is 2.07. The maximum absolute atomic E-state index is 12.4. The minimum Gasteiger partial charge on any atom is -0.370 e. The van der Waals surface area contributed by atoms with E-state index in [0.29, 0.717) is 5.69 Å². The number of anilines is 1. The van der Waals surface area contributed by atoms with E-state index in [2.05, 4.69) is 5.32 Å². The molecule has 114 valence electrons. The topological polar surface area (TPSA) is 92.5 Å². The lowest BCUT2D eigenvalue weighted by atomic mass is 9.92. The van der Waals surface area contributed by atoms with E-state index in [9.17, 15) is 20.0 Å². The molecule has 0 fully saturated rings. The fourth-order valence-electron chi connectivity index (χ4n) is 2.07. The molecular formula is C16H16N2O4. The molecule has 0 heterocycles. The van der Waals surface area contributed by atoms with Crippen molar-refractivity contribution in [3.05, 3.63) is 75.8 Å². The summed E-state index contributed by atoms with van der Waals surface area (Å²) in [6, 6.07) is 14.9. The van der Waals surface area contributed by atoms with Crippen molar-refractivity contribution in [1.29, 1.82) is 0 Å². The van der Waals surface area contributed by atoms with Crippen molar-refractivity contribution in [3.63, 3.8) is 0 Å². The van der Waals surface area contributed by atoms with E-state index >= 15 is 0 Å². The van der Waals surface area contributed by atoms with E-state index in [1.165, 1.54) is 12.1 Å². The van der Waals surface area contributed by atoms with Gasteiger partial charge < -0.3 is 10.4 Å². The van der Waals surface area contributed by atoms with Crippen molar-refractivity contribution in [2.24, 2.45) is 0 Å². The summed E-state index contributed by atoms with van der Waals surface area (Å²) in [5.41, 5.74) is -0.659. The van der Waals surface area contributed by atoms with Crippen molar-refractivity contribution in [3.8, 4) is 0 Å². The number of rotatable bonds is 5. The molecule has 6 nitrogen and oxygen atoms in total. The molecule has 22 heavy (non-hydrogen) atoms. The fraction of sp³-hybridized carbons (Fsp3) is 0.188. The van der Waals surface area contributed by atoms with Crippen molar-refractivity contribution in [2.45, 2.75) is 12.5 Å². The number of carbonyl (C=O) groups excluding carboxylic acids is 1. The zero-order valence-electron chi connectivity index (χ0n) is 12.0. The van der Waals surface area contributed by atoms with Gasteiger partial charge in [0, 0.05) is 10.6 Å². The van der Waals surface area contributed by atoms with Crippen LogP contribution in [-0.2, 0) is 10.4 Å². The van der Waals surface area contributed by atoms with Crippen molar-refractivity contribution < 1.29 is 14.8 Å². The van der Waals surface area contributed by atoms with Crippen molar-refractivity contribution in [2.75, 3.05) is 11.9 Å². The van der Waals surface area contributed by atoms with E-state index in [1.54, 1.807) is 42.5 Å². The Morgan fingerprint density at radius 2 is 1.77 bits per heavy atom. The molecule has 0 aromatic heterocycles. The summed E-state index contributed by atoms with van der Waals surface area (Å²) >= 11 is 0. The monoisotopic (exact) mass is 300 g/mol. The average Bonchev–Trinajstić information content (AvgIpc) is 2.48. The van der Waals surface area contributed by atoms with Gasteiger partial charge in [-0.25, -0.2) is 0 Å². The third-order valence-electron chi connectivity index (χ3n) is 3.29. The van der Waals surface area contributed by atoms with Gasteiger partial charge >= 0.3 is 0 Å². The summed E-state index contributed by atoms with van der Waals surface area (Å²) in [5, 5.41) is 24.0. The highest BCUT2D eigenvalue weighted by atomic mass is 16.6. The number of carbonyl (C=O) groups is 1. The number of aliphatic hydroxyl groups is 1.